The van der Waals surface area contributed by atoms with Crippen LogP contribution in [0.4, 0.5) is 0 Å². The van der Waals surface area contributed by atoms with Crippen LogP contribution in [0, 0.1) is 11.3 Å². The van der Waals surface area contributed by atoms with Gasteiger partial charge in [-0.3, -0.25) is 15.0 Å². The molecule has 0 radical (unpaired) electrons. The maximum atomic E-state index is 12.1. The molecule has 0 saturated carbocycles. The lowest BCUT2D eigenvalue weighted by Gasteiger charge is -2.07. The number of rotatable bonds is 2. The molecule has 0 aliphatic carbocycles. The number of nitrogen functional groups attached to an aromatic ring is 1. The summed E-state index contributed by atoms with van der Waals surface area (Å²) in [5, 5.41) is 11.1. The number of carbonyl (C=O) groups is 1. The van der Waals surface area contributed by atoms with Gasteiger partial charge < -0.3 is 4.98 Å². The van der Waals surface area contributed by atoms with Gasteiger partial charge in [0.05, 0.1) is 5.56 Å². The van der Waals surface area contributed by atoms with Crippen LogP contribution in [0.1, 0.15) is 15.9 Å². The standard InChI is InChI=1S/C17H12N4O2/c18-9-14-13(17(23)21-19)8-15(20-16(14)22)12-6-5-10-3-1-2-4-11(10)7-12/h1-8H,19H2,(H,20,22)(H,21,23). The number of nitrogens with two attached hydrogens (primary N) is 1. The van der Waals surface area contributed by atoms with Crippen molar-refractivity contribution in [2.24, 2.45) is 5.84 Å². The third-order valence-corrected chi connectivity index (χ3v) is 3.58. The van der Waals surface area contributed by atoms with Crippen LogP contribution in [0.3, 0.4) is 0 Å². The summed E-state index contributed by atoms with van der Waals surface area (Å²) in [5.41, 5.74) is 2.18. The quantitative estimate of drug-likeness (QED) is 0.380. The summed E-state index contributed by atoms with van der Waals surface area (Å²) in [6, 6.07) is 16.6. The van der Waals surface area contributed by atoms with E-state index in [9.17, 15) is 9.59 Å². The highest BCUT2D eigenvalue weighted by Crippen LogP contribution is 2.23. The molecule has 0 saturated heterocycles. The van der Waals surface area contributed by atoms with Crippen molar-refractivity contribution in [2.45, 2.75) is 0 Å². The van der Waals surface area contributed by atoms with Gasteiger partial charge in [-0.1, -0.05) is 36.4 Å². The van der Waals surface area contributed by atoms with Crippen LogP contribution in [-0.4, -0.2) is 10.9 Å². The fourth-order valence-electron chi connectivity index (χ4n) is 2.44. The SMILES string of the molecule is N#Cc1c(C(=O)NN)cc(-c2ccc3ccccc3c2)[nH]c1=O. The lowest BCUT2D eigenvalue weighted by molar-refractivity contribution is 0.0953. The Morgan fingerprint density at radius 1 is 1.13 bits per heavy atom. The van der Waals surface area contributed by atoms with E-state index in [1.807, 2.05) is 47.9 Å². The molecule has 0 atom stereocenters. The lowest BCUT2D eigenvalue weighted by atomic mass is 10.0. The first-order valence-electron chi connectivity index (χ1n) is 6.81. The summed E-state index contributed by atoms with van der Waals surface area (Å²) in [7, 11) is 0. The molecule has 1 aromatic heterocycles. The number of fused-ring (bicyclic) bond motifs is 1. The highest BCUT2D eigenvalue weighted by molar-refractivity contribution is 5.97. The number of hydrogen-bond donors (Lipinski definition) is 3. The highest BCUT2D eigenvalue weighted by Gasteiger charge is 2.16. The van der Waals surface area contributed by atoms with Gasteiger partial charge in [-0.25, -0.2) is 5.84 Å². The summed E-state index contributed by atoms with van der Waals surface area (Å²) < 4.78 is 0. The van der Waals surface area contributed by atoms with Crippen LogP contribution in [0.15, 0.2) is 53.3 Å². The fourth-order valence-corrected chi connectivity index (χ4v) is 2.44. The van der Waals surface area contributed by atoms with E-state index in [4.69, 9.17) is 11.1 Å². The number of nitrogens with zero attached hydrogens (tertiary/aromatic N) is 1. The van der Waals surface area contributed by atoms with Crippen LogP contribution in [-0.2, 0) is 0 Å². The molecule has 3 rings (SSSR count). The molecule has 0 spiro atoms. The first-order chi connectivity index (χ1) is 11.1. The van der Waals surface area contributed by atoms with Gasteiger partial charge in [0.25, 0.3) is 11.5 Å². The van der Waals surface area contributed by atoms with Crippen molar-refractivity contribution < 1.29 is 4.79 Å². The Bertz CT molecular complexity index is 1020. The van der Waals surface area contributed by atoms with Gasteiger partial charge in [0, 0.05) is 5.69 Å². The Kier molecular flexibility index (Phi) is 3.63. The predicted molar refractivity (Wildman–Crippen MR) is 86.4 cm³/mol. The van der Waals surface area contributed by atoms with E-state index in [0.29, 0.717) is 5.69 Å². The zero-order valence-electron chi connectivity index (χ0n) is 12.0. The van der Waals surface area contributed by atoms with E-state index in [2.05, 4.69) is 4.98 Å². The molecular formula is C17H12N4O2. The Balaban J connectivity index is 2.22. The lowest BCUT2D eigenvalue weighted by Crippen LogP contribution is -2.32. The number of H-pyrrole nitrogens is 1. The number of hydrogen-bond acceptors (Lipinski definition) is 4. The predicted octanol–water partition coefficient (Wildman–Crippen LogP) is 1.67. The van der Waals surface area contributed by atoms with Gasteiger partial charge in [-0.2, -0.15) is 5.26 Å². The highest BCUT2D eigenvalue weighted by atomic mass is 16.2. The Morgan fingerprint density at radius 3 is 2.57 bits per heavy atom. The van der Waals surface area contributed by atoms with E-state index in [0.717, 1.165) is 16.3 Å². The average molecular weight is 304 g/mol. The van der Waals surface area contributed by atoms with Crippen molar-refractivity contribution in [2.75, 3.05) is 0 Å². The Hall–Kier alpha value is -3.43. The van der Waals surface area contributed by atoms with Gasteiger partial charge in [0.1, 0.15) is 11.6 Å². The molecular weight excluding hydrogens is 292 g/mol. The van der Waals surface area contributed by atoms with Crippen molar-refractivity contribution in [3.05, 3.63) is 70.0 Å². The number of pyridine rings is 1. The average Bonchev–Trinajstić information content (AvgIpc) is 2.59. The zero-order valence-corrected chi connectivity index (χ0v) is 12.0. The number of amides is 1. The number of aromatic amines is 1. The zero-order chi connectivity index (χ0) is 16.4. The number of carbonyl (C=O) groups excluding carboxylic acids is 1. The molecule has 1 amide bonds. The van der Waals surface area contributed by atoms with Gasteiger partial charge in [-0.15, -0.1) is 0 Å². The van der Waals surface area contributed by atoms with Crippen LogP contribution in [0.25, 0.3) is 22.0 Å². The normalized spacial score (nSPS) is 10.3. The number of benzene rings is 2. The molecule has 0 unspecified atom stereocenters. The van der Waals surface area contributed by atoms with E-state index < -0.39 is 11.5 Å². The van der Waals surface area contributed by atoms with Crippen LogP contribution >= 0.6 is 0 Å². The number of nitriles is 1. The number of hydrazine groups is 1. The van der Waals surface area contributed by atoms with E-state index in [1.54, 1.807) is 6.07 Å². The minimum absolute atomic E-state index is 0.0538. The minimum atomic E-state index is -0.685. The Labute approximate surface area is 131 Å². The number of nitrogens with one attached hydrogen (secondary N) is 2. The smallest absolute Gasteiger partial charge is 0.267 e. The summed E-state index contributed by atoms with van der Waals surface area (Å²) >= 11 is 0. The molecule has 3 aromatic rings. The molecule has 23 heavy (non-hydrogen) atoms. The van der Waals surface area contributed by atoms with Gasteiger partial charge >= 0.3 is 0 Å². The van der Waals surface area contributed by atoms with Crippen LogP contribution in [0.5, 0.6) is 0 Å². The summed E-state index contributed by atoms with van der Waals surface area (Å²) in [6.07, 6.45) is 0. The first-order valence-corrected chi connectivity index (χ1v) is 6.81. The summed E-state index contributed by atoms with van der Waals surface area (Å²) in [5.74, 6) is 4.43. The molecule has 0 aliphatic heterocycles. The van der Waals surface area contributed by atoms with Crippen LogP contribution < -0.4 is 16.8 Å². The molecule has 112 valence electrons. The topological polar surface area (TPSA) is 112 Å². The number of aromatic nitrogens is 1. The molecule has 4 N–H and O–H groups in total. The van der Waals surface area contributed by atoms with Crippen molar-refractivity contribution in [3.8, 4) is 17.3 Å². The maximum absolute atomic E-state index is 12.1. The van der Waals surface area contributed by atoms with E-state index in [-0.39, 0.29) is 11.1 Å². The fraction of sp³-hybridized carbons (Fsp3) is 0. The molecule has 6 nitrogen and oxygen atoms in total. The summed E-state index contributed by atoms with van der Waals surface area (Å²) in [6.45, 7) is 0. The second-order valence-electron chi connectivity index (χ2n) is 4.95. The molecule has 2 aromatic carbocycles. The van der Waals surface area contributed by atoms with Crippen LogP contribution in [0.2, 0.25) is 0 Å². The second kappa shape index (κ2) is 5.75. The van der Waals surface area contributed by atoms with Crippen molar-refractivity contribution in [1.29, 1.82) is 5.26 Å². The Morgan fingerprint density at radius 2 is 1.87 bits per heavy atom. The molecule has 0 bridgehead atoms. The molecule has 1 heterocycles. The first kappa shape index (κ1) is 14.5. The second-order valence-corrected chi connectivity index (χ2v) is 4.95. The maximum Gasteiger partial charge on any atom is 0.267 e. The third kappa shape index (κ3) is 2.57. The summed E-state index contributed by atoms with van der Waals surface area (Å²) in [4.78, 5) is 26.5. The molecule has 0 fully saturated rings. The van der Waals surface area contributed by atoms with Crippen molar-refractivity contribution in [3.63, 3.8) is 0 Å². The van der Waals surface area contributed by atoms with Crippen molar-refractivity contribution >= 4 is 16.7 Å². The molecule has 6 heteroatoms. The molecule has 0 aliphatic rings. The van der Waals surface area contributed by atoms with E-state index >= 15 is 0 Å². The van der Waals surface area contributed by atoms with Crippen molar-refractivity contribution in [1.82, 2.24) is 10.4 Å². The minimum Gasteiger partial charge on any atom is -0.321 e. The van der Waals surface area contributed by atoms with Gasteiger partial charge in [0.2, 0.25) is 0 Å². The van der Waals surface area contributed by atoms with Gasteiger partial charge in [0.15, 0.2) is 0 Å². The monoisotopic (exact) mass is 304 g/mol. The van der Waals surface area contributed by atoms with E-state index in [1.165, 1.54) is 6.07 Å². The largest absolute Gasteiger partial charge is 0.321 e. The third-order valence-electron chi connectivity index (χ3n) is 3.58. The van der Waals surface area contributed by atoms with Gasteiger partial charge in [-0.05, 0) is 28.5 Å².